The van der Waals surface area contributed by atoms with Crippen LogP contribution in [0.25, 0.3) is 0 Å². The molecule has 5 heteroatoms. The molecule has 2 fully saturated rings. The van der Waals surface area contributed by atoms with Gasteiger partial charge in [-0.2, -0.15) is 0 Å². The second-order valence-electron chi connectivity index (χ2n) is 6.49. The van der Waals surface area contributed by atoms with Crippen LogP contribution in [-0.2, 0) is 0 Å². The third-order valence-corrected chi connectivity index (χ3v) is 4.68. The van der Waals surface area contributed by atoms with Gasteiger partial charge in [0.25, 0.3) is 0 Å². The van der Waals surface area contributed by atoms with E-state index >= 15 is 0 Å². The number of hydrogen-bond donors (Lipinski definition) is 1. The summed E-state index contributed by atoms with van der Waals surface area (Å²) in [5, 5.41) is 3.63. The van der Waals surface area contributed by atoms with Crippen LogP contribution in [0.5, 0.6) is 0 Å². The fourth-order valence-corrected chi connectivity index (χ4v) is 3.34. The fraction of sp³-hybridized carbons (Fsp3) is 1.00. The van der Waals surface area contributed by atoms with E-state index in [2.05, 4.69) is 38.8 Å². The fourth-order valence-electron chi connectivity index (χ4n) is 3.34. The van der Waals surface area contributed by atoms with Crippen molar-refractivity contribution < 1.29 is 0 Å². The van der Waals surface area contributed by atoms with Crippen LogP contribution >= 0.6 is 0 Å². The minimum atomic E-state index is 1.05. The molecule has 21 heavy (non-hydrogen) atoms. The molecule has 0 unspecified atom stereocenters. The van der Waals surface area contributed by atoms with Crippen molar-refractivity contribution in [3.63, 3.8) is 0 Å². The zero-order chi connectivity index (χ0) is 14.9. The zero-order valence-electron chi connectivity index (χ0n) is 14.2. The molecule has 0 spiro atoms. The Kier molecular flexibility index (Phi) is 7.96. The molecule has 0 amide bonds. The highest BCUT2D eigenvalue weighted by molar-refractivity contribution is 4.73. The lowest BCUT2D eigenvalue weighted by Crippen LogP contribution is -2.53. The van der Waals surface area contributed by atoms with Crippen molar-refractivity contribution in [2.45, 2.75) is 26.7 Å². The number of nitrogens with one attached hydrogen (secondary N) is 1. The molecule has 5 nitrogen and oxygen atoms in total. The first kappa shape index (κ1) is 17.2. The molecule has 0 aromatic heterocycles. The largest absolute Gasteiger partial charge is 0.301 e. The van der Waals surface area contributed by atoms with E-state index < -0.39 is 0 Å². The molecule has 0 aromatic carbocycles. The summed E-state index contributed by atoms with van der Waals surface area (Å²) in [6.45, 7) is 19.0. The van der Waals surface area contributed by atoms with Crippen molar-refractivity contribution in [3.8, 4) is 0 Å². The molecule has 2 saturated heterocycles. The third kappa shape index (κ3) is 6.20. The monoisotopic (exact) mass is 297 g/mol. The van der Waals surface area contributed by atoms with E-state index in [0.29, 0.717) is 0 Å². The Morgan fingerprint density at radius 3 is 1.24 bits per heavy atom. The molecule has 2 rings (SSSR count). The van der Waals surface area contributed by atoms with Crippen LogP contribution in [0.15, 0.2) is 0 Å². The summed E-state index contributed by atoms with van der Waals surface area (Å²) in [6.07, 6.45) is 2.56. The summed E-state index contributed by atoms with van der Waals surface area (Å²) >= 11 is 0. The van der Waals surface area contributed by atoms with Crippen molar-refractivity contribution in [2.75, 3.05) is 78.8 Å². The molecule has 2 aliphatic heterocycles. The van der Waals surface area contributed by atoms with E-state index in [1.165, 1.54) is 78.3 Å². The number of piperazine rings is 2. The first-order valence-corrected chi connectivity index (χ1v) is 8.92. The second-order valence-corrected chi connectivity index (χ2v) is 6.49. The number of nitrogens with zero attached hydrogens (tertiary/aromatic N) is 4. The second kappa shape index (κ2) is 9.74. The quantitative estimate of drug-likeness (QED) is 0.705. The Morgan fingerprint density at radius 1 is 0.571 bits per heavy atom. The van der Waals surface area contributed by atoms with Crippen LogP contribution in [0.1, 0.15) is 26.7 Å². The normalized spacial score (nSPS) is 23.7. The van der Waals surface area contributed by atoms with Gasteiger partial charge in [0.2, 0.25) is 0 Å². The first-order chi connectivity index (χ1) is 10.3. The summed E-state index contributed by atoms with van der Waals surface area (Å²) in [5.74, 6) is 0. The Labute approximate surface area is 131 Å². The van der Waals surface area contributed by atoms with Crippen molar-refractivity contribution in [1.82, 2.24) is 24.9 Å². The van der Waals surface area contributed by atoms with Gasteiger partial charge in [-0.25, -0.2) is 0 Å². The highest BCUT2D eigenvalue weighted by Crippen LogP contribution is 2.03. The average Bonchev–Trinajstić information content (AvgIpc) is 2.51. The smallest absolute Gasteiger partial charge is 0.0491 e. The topological polar surface area (TPSA) is 25.0 Å². The van der Waals surface area contributed by atoms with Gasteiger partial charge >= 0.3 is 0 Å². The molecule has 2 aliphatic rings. The minimum absolute atomic E-state index is 1.05. The molecular weight excluding hydrogens is 262 g/mol. The highest BCUT2D eigenvalue weighted by Gasteiger charge is 2.17. The van der Waals surface area contributed by atoms with Gasteiger partial charge < -0.3 is 9.80 Å². The summed E-state index contributed by atoms with van der Waals surface area (Å²) in [4.78, 5) is 10.3. The molecule has 0 aromatic rings. The van der Waals surface area contributed by atoms with E-state index in [1.807, 2.05) is 0 Å². The maximum absolute atomic E-state index is 3.63. The van der Waals surface area contributed by atoms with Gasteiger partial charge in [0, 0.05) is 65.7 Å². The lowest BCUT2D eigenvalue weighted by atomic mass is 10.3. The van der Waals surface area contributed by atoms with Crippen molar-refractivity contribution >= 4 is 0 Å². The Hall–Kier alpha value is -0.200. The summed E-state index contributed by atoms with van der Waals surface area (Å²) < 4.78 is 0. The van der Waals surface area contributed by atoms with E-state index in [4.69, 9.17) is 0 Å². The SMILES string of the molecule is CCCN1CCN(CNCN2CCN(CCC)CC2)CC1. The van der Waals surface area contributed by atoms with Crippen LogP contribution in [0, 0.1) is 0 Å². The molecule has 0 atom stereocenters. The zero-order valence-corrected chi connectivity index (χ0v) is 14.2. The van der Waals surface area contributed by atoms with E-state index in [1.54, 1.807) is 0 Å². The predicted molar refractivity (Wildman–Crippen MR) is 89.5 cm³/mol. The van der Waals surface area contributed by atoms with E-state index in [9.17, 15) is 0 Å². The van der Waals surface area contributed by atoms with E-state index in [0.717, 1.165) is 13.3 Å². The van der Waals surface area contributed by atoms with Crippen LogP contribution in [0.4, 0.5) is 0 Å². The van der Waals surface area contributed by atoms with Crippen LogP contribution in [0.2, 0.25) is 0 Å². The van der Waals surface area contributed by atoms with Gasteiger partial charge in [-0.15, -0.1) is 0 Å². The summed E-state index contributed by atoms with van der Waals surface area (Å²) in [5.41, 5.74) is 0. The highest BCUT2D eigenvalue weighted by atomic mass is 15.3. The Morgan fingerprint density at radius 2 is 0.905 bits per heavy atom. The van der Waals surface area contributed by atoms with Gasteiger partial charge in [0.15, 0.2) is 0 Å². The molecule has 0 saturated carbocycles. The first-order valence-electron chi connectivity index (χ1n) is 8.92. The average molecular weight is 297 g/mol. The van der Waals surface area contributed by atoms with Crippen LogP contribution in [-0.4, -0.2) is 98.4 Å². The van der Waals surface area contributed by atoms with Crippen molar-refractivity contribution in [1.29, 1.82) is 0 Å². The molecular formula is C16H35N5. The molecule has 0 aliphatic carbocycles. The number of hydrogen-bond acceptors (Lipinski definition) is 5. The lowest BCUT2D eigenvalue weighted by Gasteiger charge is -2.37. The summed E-state index contributed by atoms with van der Waals surface area (Å²) in [7, 11) is 0. The van der Waals surface area contributed by atoms with Gasteiger partial charge in [-0.1, -0.05) is 13.8 Å². The van der Waals surface area contributed by atoms with Crippen molar-refractivity contribution in [3.05, 3.63) is 0 Å². The predicted octanol–water partition coefficient (Wildman–Crippen LogP) is 0.546. The van der Waals surface area contributed by atoms with Gasteiger partial charge in [-0.3, -0.25) is 15.1 Å². The molecule has 0 bridgehead atoms. The van der Waals surface area contributed by atoms with Crippen molar-refractivity contribution in [2.24, 2.45) is 0 Å². The maximum Gasteiger partial charge on any atom is 0.0491 e. The number of rotatable bonds is 8. The summed E-state index contributed by atoms with van der Waals surface area (Å²) in [6, 6.07) is 0. The third-order valence-electron chi connectivity index (χ3n) is 4.68. The van der Waals surface area contributed by atoms with Gasteiger partial charge in [0.1, 0.15) is 0 Å². The Balaban J connectivity index is 1.51. The minimum Gasteiger partial charge on any atom is -0.301 e. The molecule has 124 valence electrons. The Bertz CT molecular complexity index is 231. The maximum atomic E-state index is 3.63. The molecule has 2 heterocycles. The van der Waals surface area contributed by atoms with Crippen LogP contribution in [0.3, 0.4) is 0 Å². The standard InChI is InChI=1S/C16H35N5/c1-3-5-18-7-11-20(12-8-18)15-17-16-21-13-9-19(6-4-2)10-14-21/h17H,3-16H2,1-2H3. The lowest BCUT2D eigenvalue weighted by molar-refractivity contribution is 0.0985. The van der Waals surface area contributed by atoms with E-state index in [-0.39, 0.29) is 0 Å². The molecule has 0 radical (unpaired) electrons. The van der Waals surface area contributed by atoms with Crippen LogP contribution < -0.4 is 5.32 Å². The van der Waals surface area contributed by atoms with Gasteiger partial charge in [-0.05, 0) is 25.9 Å². The van der Waals surface area contributed by atoms with Gasteiger partial charge in [0.05, 0.1) is 0 Å². The molecule has 1 N–H and O–H groups in total.